The Labute approximate surface area is 348 Å². The van der Waals surface area contributed by atoms with E-state index in [9.17, 15) is 33.9 Å². The fourth-order valence-corrected chi connectivity index (χ4v) is 7.37. The lowest BCUT2D eigenvalue weighted by atomic mass is 9.85. The molecule has 1 amide bonds. The van der Waals surface area contributed by atoms with Crippen molar-refractivity contribution in [1.29, 1.82) is 0 Å². The highest BCUT2D eigenvalue weighted by Crippen LogP contribution is 2.23. The number of aromatic nitrogens is 2. The zero-order valence-electron chi connectivity index (χ0n) is 36.0. The number of amides is 1. The van der Waals surface area contributed by atoms with Crippen molar-refractivity contribution >= 4 is 35.0 Å². The first-order valence-electron chi connectivity index (χ1n) is 22.6. The molecule has 58 heavy (non-hydrogen) atoms. The third-order valence-electron chi connectivity index (χ3n) is 11.2. The van der Waals surface area contributed by atoms with Gasteiger partial charge in [-0.3, -0.25) is 34.1 Å². The van der Waals surface area contributed by atoms with E-state index in [1.54, 1.807) is 12.5 Å². The SMILES string of the molecule is CCCC[C@H](CCC(=O)[C@@H](N)Cc1cnc[nH]1)C(=O)CC[C@@H](CCCCNC(=O)CCCCCCCCCCCCCCCCC(=O)O)C(=O)CN[C@@H](CO)C(C)=O. The number of rotatable bonds is 41. The number of nitrogens with zero attached hydrogens (tertiary/aromatic N) is 1. The lowest BCUT2D eigenvalue weighted by molar-refractivity contribution is -0.137. The predicted molar refractivity (Wildman–Crippen MR) is 228 cm³/mol. The number of Topliss-reactive ketones (excluding diaryl/α,β-unsaturated/α-hetero) is 4. The zero-order valence-corrected chi connectivity index (χ0v) is 36.0. The predicted octanol–water partition coefficient (Wildman–Crippen LogP) is 7.12. The van der Waals surface area contributed by atoms with Crippen LogP contribution in [-0.2, 0) is 35.2 Å². The number of carboxylic acids is 1. The van der Waals surface area contributed by atoms with Gasteiger partial charge < -0.3 is 26.2 Å². The van der Waals surface area contributed by atoms with Crippen LogP contribution < -0.4 is 16.4 Å². The van der Waals surface area contributed by atoms with E-state index in [4.69, 9.17) is 10.8 Å². The number of carbonyl (C=O) groups is 6. The van der Waals surface area contributed by atoms with E-state index in [0.717, 1.165) is 57.1 Å². The minimum atomic E-state index is -0.821. The number of carboxylic acid groups (broad SMARTS) is 1. The fraction of sp³-hybridized carbons (Fsp3) is 0.800. The monoisotopic (exact) mass is 818 g/mol. The van der Waals surface area contributed by atoms with E-state index in [-0.39, 0.29) is 60.8 Å². The first-order chi connectivity index (χ1) is 28.0. The highest BCUT2D eigenvalue weighted by atomic mass is 16.4. The number of H-pyrrole nitrogens is 1. The van der Waals surface area contributed by atoms with Crippen molar-refractivity contribution in [3.8, 4) is 0 Å². The number of imidazole rings is 1. The van der Waals surface area contributed by atoms with E-state index in [0.29, 0.717) is 57.9 Å². The van der Waals surface area contributed by atoms with Gasteiger partial charge in [0.05, 0.1) is 31.6 Å². The molecule has 1 aromatic rings. The van der Waals surface area contributed by atoms with Crippen LogP contribution in [0.1, 0.15) is 186 Å². The van der Waals surface area contributed by atoms with Crippen LogP contribution in [0, 0.1) is 11.8 Å². The summed E-state index contributed by atoms with van der Waals surface area (Å²) in [7, 11) is 0. The van der Waals surface area contributed by atoms with Gasteiger partial charge in [0.15, 0.2) is 0 Å². The van der Waals surface area contributed by atoms with Gasteiger partial charge in [-0.2, -0.15) is 0 Å². The maximum atomic E-state index is 13.5. The van der Waals surface area contributed by atoms with Crippen LogP contribution in [0.25, 0.3) is 0 Å². The number of aliphatic hydroxyl groups is 1. The van der Waals surface area contributed by atoms with Gasteiger partial charge in [0.1, 0.15) is 23.1 Å². The summed E-state index contributed by atoms with van der Waals surface area (Å²) in [4.78, 5) is 81.4. The van der Waals surface area contributed by atoms with E-state index in [2.05, 4.69) is 27.5 Å². The first kappa shape index (κ1) is 52.7. The summed E-state index contributed by atoms with van der Waals surface area (Å²) in [5, 5.41) is 24.1. The molecule has 0 saturated carbocycles. The molecule has 1 rings (SSSR count). The molecule has 0 aliphatic heterocycles. The molecule has 0 unspecified atom stereocenters. The van der Waals surface area contributed by atoms with Gasteiger partial charge in [-0.25, -0.2) is 4.98 Å². The number of aliphatic carboxylic acids is 1. The van der Waals surface area contributed by atoms with Crippen molar-refractivity contribution in [3.63, 3.8) is 0 Å². The molecule has 13 nitrogen and oxygen atoms in total. The maximum Gasteiger partial charge on any atom is 0.303 e. The molecule has 0 spiro atoms. The van der Waals surface area contributed by atoms with Crippen LogP contribution >= 0.6 is 0 Å². The molecule has 0 aliphatic carbocycles. The second-order valence-electron chi connectivity index (χ2n) is 16.3. The van der Waals surface area contributed by atoms with Crippen LogP contribution in [0.4, 0.5) is 0 Å². The van der Waals surface area contributed by atoms with Crippen LogP contribution in [0.15, 0.2) is 12.5 Å². The number of ketones is 4. The molecule has 0 bridgehead atoms. The summed E-state index contributed by atoms with van der Waals surface area (Å²) >= 11 is 0. The van der Waals surface area contributed by atoms with Crippen molar-refractivity contribution in [1.82, 2.24) is 20.6 Å². The lowest BCUT2D eigenvalue weighted by Gasteiger charge is -2.20. The summed E-state index contributed by atoms with van der Waals surface area (Å²) in [5.41, 5.74) is 6.93. The third-order valence-corrected chi connectivity index (χ3v) is 11.2. The van der Waals surface area contributed by atoms with Crippen molar-refractivity contribution in [2.45, 2.75) is 199 Å². The molecule has 4 atom stereocenters. The van der Waals surface area contributed by atoms with Gasteiger partial charge in [-0.05, 0) is 51.9 Å². The smallest absolute Gasteiger partial charge is 0.303 e. The highest BCUT2D eigenvalue weighted by molar-refractivity contribution is 5.87. The van der Waals surface area contributed by atoms with Crippen molar-refractivity contribution < 1.29 is 39.0 Å². The second-order valence-corrected chi connectivity index (χ2v) is 16.3. The van der Waals surface area contributed by atoms with Crippen LogP contribution in [-0.4, -0.2) is 87.0 Å². The molecule has 0 aromatic carbocycles. The lowest BCUT2D eigenvalue weighted by Crippen LogP contribution is -2.42. The molecular formula is C45H79N5O8. The van der Waals surface area contributed by atoms with E-state index in [1.165, 1.54) is 58.3 Å². The van der Waals surface area contributed by atoms with Gasteiger partial charge >= 0.3 is 5.97 Å². The van der Waals surface area contributed by atoms with Gasteiger partial charge in [-0.15, -0.1) is 0 Å². The molecule has 7 N–H and O–H groups in total. The van der Waals surface area contributed by atoms with Gasteiger partial charge in [0, 0.05) is 62.4 Å². The molecule has 13 heteroatoms. The number of aliphatic hydroxyl groups excluding tert-OH is 1. The normalized spacial score (nSPS) is 13.4. The van der Waals surface area contributed by atoms with E-state index < -0.39 is 30.6 Å². The Morgan fingerprint density at radius 3 is 1.74 bits per heavy atom. The molecule has 332 valence electrons. The number of unbranched alkanes of at least 4 members (excludes halogenated alkanes) is 15. The highest BCUT2D eigenvalue weighted by Gasteiger charge is 2.25. The molecule has 0 saturated heterocycles. The Kier molecular flexibility index (Phi) is 31.4. The summed E-state index contributed by atoms with van der Waals surface area (Å²) in [6, 6.07) is -1.49. The molecule has 0 radical (unpaired) electrons. The minimum absolute atomic E-state index is 0.0439. The summed E-state index contributed by atoms with van der Waals surface area (Å²) < 4.78 is 0. The Bertz CT molecular complexity index is 1270. The van der Waals surface area contributed by atoms with Crippen molar-refractivity contribution in [3.05, 3.63) is 18.2 Å². The van der Waals surface area contributed by atoms with Gasteiger partial charge in [0.25, 0.3) is 0 Å². The molecule has 0 aliphatic rings. The number of aromatic amines is 1. The summed E-state index contributed by atoms with van der Waals surface area (Å²) in [6.45, 7) is 3.46. The standard InChI is InChI=1S/C45H79N5O8/c1-3-4-21-36(26-28-42(54)39(46)30-38-31-47-34-50-38)41(53)27-25-37(43(55)32-49-40(33-51)35(2)52)22-19-20-29-48-44(56)23-17-15-13-11-9-7-5-6-8-10-12-14-16-18-24-45(57)58/h31,34,36-37,39-40,49,51H,3-30,32-33,46H2,1-2H3,(H,47,50)(H,48,56)(H,57,58)/t36-,37-,39+,40+/m1/s1. The fourth-order valence-electron chi connectivity index (χ4n) is 7.37. The summed E-state index contributed by atoms with van der Waals surface area (Å²) in [5.74, 6) is -1.77. The Hall–Kier alpha value is -3.29. The zero-order chi connectivity index (χ0) is 42.8. The number of hydrogen-bond donors (Lipinski definition) is 6. The Morgan fingerprint density at radius 1 is 0.690 bits per heavy atom. The molecule has 1 heterocycles. The number of hydrogen-bond acceptors (Lipinski definition) is 10. The number of nitrogens with two attached hydrogens (primary N) is 1. The Morgan fingerprint density at radius 2 is 1.22 bits per heavy atom. The van der Waals surface area contributed by atoms with Crippen LogP contribution in [0.2, 0.25) is 0 Å². The molecular weight excluding hydrogens is 739 g/mol. The Balaban J connectivity index is 2.40. The van der Waals surface area contributed by atoms with Crippen molar-refractivity contribution in [2.24, 2.45) is 17.6 Å². The average molecular weight is 818 g/mol. The van der Waals surface area contributed by atoms with E-state index in [1.807, 2.05) is 0 Å². The number of nitrogens with one attached hydrogen (secondary N) is 3. The topological polar surface area (TPSA) is 222 Å². The minimum Gasteiger partial charge on any atom is -0.481 e. The van der Waals surface area contributed by atoms with E-state index >= 15 is 0 Å². The van der Waals surface area contributed by atoms with Crippen LogP contribution in [0.5, 0.6) is 0 Å². The molecule has 1 aromatic heterocycles. The van der Waals surface area contributed by atoms with Crippen LogP contribution in [0.3, 0.4) is 0 Å². The van der Waals surface area contributed by atoms with Gasteiger partial charge in [-0.1, -0.05) is 103 Å². The maximum absolute atomic E-state index is 13.5. The largest absolute Gasteiger partial charge is 0.481 e. The molecule has 0 fully saturated rings. The van der Waals surface area contributed by atoms with Gasteiger partial charge in [0.2, 0.25) is 5.91 Å². The third kappa shape index (κ3) is 27.4. The van der Waals surface area contributed by atoms with Crippen molar-refractivity contribution in [2.75, 3.05) is 19.7 Å². The average Bonchev–Trinajstić information content (AvgIpc) is 3.71. The quantitative estimate of drug-likeness (QED) is 0.0365. The first-order valence-corrected chi connectivity index (χ1v) is 22.6. The number of carbonyl (C=O) groups excluding carboxylic acids is 5. The second kappa shape index (κ2) is 34.6. The summed E-state index contributed by atoms with van der Waals surface area (Å²) in [6.07, 6.45) is 25.9.